The first kappa shape index (κ1) is 20.7. The van der Waals surface area contributed by atoms with Gasteiger partial charge in [-0.05, 0) is 24.6 Å². The zero-order chi connectivity index (χ0) is 21.5. The van der Waals surface area contributed by atoms with Crippen LogP contribution in [-0.2, 0) is 11.3 Å². The van der Waals surface area contributed by atoms with Gasteiger partial charge < -0.3 is 9.47 Å². The molecule has 0 radical (unpaired) electrons. The van der Waals surface area contributed by atoms with E-state index >= 15 is 0 Å². The molecule has 0 atom stereocenters. The summed E-state index contributed by atoms with van der Waals surface area (Å²) in [6.45, 7) is 1.32. The lowest BCUT2D eigenvalue weighted by Gasteiger charge is -2.11. The Kier molecular flexibility index (Phi) is 6.54. The molecule has 0 spiro atoms. The molecular formula is C23H19NO6. The van der Waals surface area contributed by atoms with E-state index in [1.54, 1.807) is 31.2 Å². The van der Waals surface area contributed by atoms with Crippen LogP contribution in [0.1, 0.15) is 31.8 Å². The van der Waals surface area contributed by atoms with Crippen molar-refractivity contribution in [3.63, 3.8) is 0 Å². The molecule has 0 unspecified atom stereocenters. The maximum Gasteiger partial charge on any atom is 0.342 e. The van der Waals surface area contributed by atoms with Gasteiger partial charge in [0.1, 0.15) is 17.9 Å². The molecule has 0 amide bonds. The topological polar surface area (TPSA) is 95.7 Å². The molecule has 152 valence electrons. The highest BCUT2D eigenvalue weighted by atomic mass is 16.6. The van der Waals surface area contributed by atoms with Crippen LogP contribution >= 0.6 is 0 Å². The van der Waals surface area contributed by atoms with E-state index in [2.05, 4.69) is 0 Å². The van der Waals surface area contributed by atoms with Crippen molar-refractivity contribution < 1.29 is 24.0 Å². The summed E-state index contributed by atoms with van der Waals surface area (Å²) in [6, 6.07) is 20.2. The number of para-hydroxylation sites is 1. The molecule has 3 aromatic carbocycles. The minimum absolute atomic E-state index is 0.105. The minimum atomic E-state index is -0.714. The summed E-state index contributed by atoms with van der Waals surface area (Å²) in [5.74, 6) is -0.910. The van der Waals surface area contributed by atoms with E-state index in [9.17, 15) is 19.7 Å². The number of carbonyl (C=O) groups is 2. The summed E-state index contributed by atoms with van der Waals surface area (Å²) in [5, 5.41) is 11.0. The summed E-state index contributed by atoms with van der Waals surface area (Å²) in [6.07, 6.45) is 0. The lowest BCUT2D eigenvalue weighted by molar-refractivity contribution is -0.385. The van der Waals surface area contributed by atoms with Crippen LogP contribution in [0.2, 0.25) is 0 Å². The predicted octanol–water partition coefficient (Wildman–Crippen LogP) is 4.52. The van der Waals surface area contributed by atoms with Gasteiger partial charge in [0, 0.05) is 17.2 Å². The molecule has 0 saturated heterocycles. The number of hydrogen-bond donors (Lipinski definition) is 0. The molecule has 0 N–H and O–H groups in total. The van der Waals surface area contributed by atoms with Crippen molar-refractivity contribution in [1.29, 1.82) is 0 Å². The second-order valence-electron chi connectivity index (χ2n) is 6.53. The van der Waals surface area contributed by atoms with E-state index in [0.29, 0.717) is 11.3 Å². The molecule has 7 nitrogen and oxygen atoms in total. The number of rotatable bonds is 8. The molecule has 0 saturated carbocycles. The van der Waals surface area contributed by atoms with Crippen LogP contribution < -0.4 is 4.74 Å². The maximum atomic E-state index is 12.5. The monoisotopic (exact) mass is 405 g/mol. The number of nitrogens with zero attached hydrogens (tertiary/aromatic N) is 1. The molecule has 0 aliphatic heterocycles. The number of ketones is 1. The van der Waals surface area contributed by atoms with Gasteiger partial charge in [-0.3, -0.25) is 14.9 Å². The first-order valence-electron chi connectivity index (χ1n) is 9.17. The van der Waals surface area contributed by atoms with E-state index in [-0.39, 0.29) is 23.4 Å². The van der Waals surface area contributed by atoms with E-state index in [4.69, 9.17) is 9.47 Å². The number of benzene rings is 3. The summed E-state index contributed by atoms with van der Waals surface area (Å²) in [4.78, 5) is 35.3. The Morgan fingerprint density at radius 3 is 2.40 bits per heavy atom. The number of ether oxygens (including phenoxy) is 2. The van der Waals surface area contributed by atoms with Crippen LogP contribution in [0.25, 0.3) is 0 Å². The van der Waals surface area contributed by atoms with Crippen LogP contribution in [0.5, 0.6) is 5.75 Å². The molecular weight excluding hydrogens is 386 g/mol. The van der Waals surface area contributed by atoms with Crippen molar-refractivity contribution in [2.75, 3.05) is 6.61 Å². The Bertz CT molecular complexity index is 1080. The number of carbonyl (C=O) groups excluding carboxylic acids is 2. The summed E-state index contributed by atoms with van der Waals surface area (Å²) >= 11 is 0. The first-order chi connectivity index (χ1) is 14.5. The van der Waals surface area contributed by atoms with Gasteiger partial charge in [0.2, 0.25) is 5.78 Å². The van der Waals surface area contributed by atoms with E-state index in [0.717, 1.165) is 5.56 Å². The van der Waals surface area contributed by atoms with Gasteiger partial charge in [-0.15, -0.1) is 0 Å². The number of nitro groups is 1. The number of esters is 1. The number of hydrogen-bond acceptors (Lipinski definition) is 6. The highest BCUT2D eigenvalue weighted by Crippen LogP contribution is 2.22. The molecule has 30 heavy (non-hydrogen) atoms. The van der Waals surface area contributed by atoms with Crippen LogP contribution in [0, 0.1) is 17.0 Å². The van der Waals surface area contributed by atoms with Gasteiger partial charge in [-0.1, -0.05) is 54.6 Å². The standard InChI is InChI=1S/C23H19NO6/c1-16-11-12-18(13-20(16)24(27)28)21(25)15-30-23(26)19-9-5-6-10-22(19)29-14-17-7-3-2-4-8-17/h2-13H,14-15H2,1H3. The average molecular weight is 405 g/mol. The summed E-state index contributed by atoms with van der Waals surface area (Å²) in [7, 11) is 0. The lowest BCUT2D eigenvalue weighted by Crippen LogP contribution is -2.15. The molecule has 0 bridgehead atoms. The second kappa shape index (κ2) is 9.47. The summed E-state index contributed by atoms with van der Waals surface area (Å²) in [5.41, 5.74) is 1.52. The van der Waals surface area contributed by atoms with E-state index in [1.807, 2.05) is 30.3 Å². The molecule has 0 aliphatic carbocycles. The lowest BCUT2D eigenvalue weighted by atomic mass is 10.1. The van der Waals surface area contributed by atoms with Crippen LogP contribution in [0.3, 0.4) is 0 Å². The van der Waals surface area contributed by atoms with Crippen molar-refractivity contribution in [3.8, 4) is 5.75 Å². The Morgan fingerprint density at radius 1 is 0.967 bits per heavy atom. The SMILES string of the molecule is Cc1ccc(C(=O)COC(=O)c2ccccc2OCc2ccccc2)cc1[N+](=O)[O-]. The van der Waals surface area contributed by atoms with Gasteiger partial charge in [0.25, 0.3) is 5.69 Å². The van der Waals surface area contributed by atoms with Gasteiger partial charge >= 0.3 is 5.97 Å². The molecule has 0 aromatic heterocycles. The minimum Gasteiger partial charge on any atom is -0.488 e. The first-order valence-corrected chi connectivity index (χ1v) is 9.17. The third-order valence-electron chi connectivity index (χ3n) is 4.41. The molecule has 7 heteroatoms. The van der Waals surface area contributed by atoms with Crippen molar-refractivity contribution in [2.45, 2.75) is 13.5 Å². The van der Waals surface area contributed by atoms with Crippen molar-refractivity contribution in [2.24, 2.45) is 0 Å². The number of aryl methyl sites for hydroxylation is 1. The summed E-state index contributed by atoms with van der Waals surface area (Å²) < 4.78 is 10.9. The van der Waals surface area contributed by atoms with E-state index < -0.39 is 23.3 Å². The highest BCUT2D eigenvalue weighted by Gasteiger charge is 2.18. The quantitative estimate of drug-likeness (QED) is 0.237. The fourth-order valence-electron chi connectivity index (χ4n) is 2.77. The van der Waals surface area contributed by atoms with E-state index in [1.165, 1.54) is 18.2 Å². The Hall–Kier alpha value is -4.00. The average Bonchev–Trinajstić information content (AvgIpc) is 2.76. The zero-order valence-electron chi connectivity index (χ0n) is 16.2. The Balaban J connectivity index is 1.66. The predicted molar refractivity (Wildman–Crippen MR) is 110 cm³/mol. The maximum absolute atomic E-state index is 12.5. The van der Waals surface area contributed by atoms with Gasteiger partial charge in [0.15, 0.2) is 6.61 Å². The van der Waals surface area contributed by atoms with Gasteiger partial charge in [-0.25, -0.2) is 4.79 Å². The Labute approximate surface area is 173 Å². The molecule has 3 rings (SSSR count). The van der Waals surface area contributed by atoms with Crippen molar-refractivity contribution in [1.82, 2.24) is 0 Å². The smallest absolute Gasteiger partial charge is 0.342 e. The molecule has 3 aromatic rings. The zero-order valence-corrected chi connectivity index (χ0v) is 16.2. The van der Waals surface area contributed by atoms with Crippen molar-refractivity contribution >= 4 is 17.4 Å². The third-order valence-corrected chi connectivity index (χ3v) is 4.41. The number of nitro benzene ring substituents is 1. The fourth-order valence-corrected chi connectivity index (χ4v) is 2.77. The van der Waals surface area contributed by atoms with Gasteiger partial charge in [-0.2, -0.15) is 0 Å². The normalized spacial score (nSPS) is 10.3. The van der Waals surface area contributed by atoms with Crippen LogP contribution in [0.15, 0.2) is 72.8 Å². The fraction of sp³-hybridized carbons (Fsp3) is 0.130. The second-order valence-corrected chi connectivity index (χ2v) is 6.53. The molecule has 0 aliphatic rings. The molecule has 0 heterocycles. The van der Waals surface area contributed by atoms with Crippen molar-refractivity contribution in [3.05, 3.63) is 105 Å². The largest absolute Gasteiger partial charge is 0.488 e. The third kappa shape index (κ3) is 5.08. The molecule has 0 fully saturated rings. The number of Topliss-reactive ketones (excluding diaryl/α,β-unsaturated/α-hetero) is 1. The highest BCUT2D eigenvalue weighted by molar-refractivity contribution is 6.00. The van der Waals surface area contributed by atoms with Gasteiger partial charge in [0.05, 0.1) is 4.92 Å². The van der Waals surface area contributed by atoms with Crippen LogP contribution in [0.4, 0.5) is 5.69 Å². The van der Waals surface area contributed by atoms with Crippen LogP contribution in [-0.4, -0.2) is 23.3 Å². The Morgan fingerprint density at radius 2 is 1.67 bits per heavy atom.